The van der Waals surface area contributed by atoms with Crippen LogP contribution in [0.1, 0.15) is 25.7 Å². The van der Waals surface area contributed by atoms with E-state index < -0.39 is 10.0 Å². The number of imidazole rings is 1. The number of nitrogens with zero attached hydrogens (tertiary/aromatic N) is 4. The summed E-state index contributed by atoms with van der Waals surface area (Å²) in [6, 6.07) is 5.14. The van der Waals surface area contributed by atoms with Gasteiger partial charge in [-0.25, -0.2) is 18.1 Å². The first kappa shape index (κ1) is 15.1. The SMILES string of the molecule is CC(C)n1ccnc1CNS(=O)(=O)c1cccc2nsnc12. The predicted octanol–water partition coefficient (Wildman–Crippen LogP) is 1.95. The van der Waals surface area contributed by atoms with Crippen LogP contribution >= 0.6 is 11.7 Å². The third kappa shape index (κ3) is 2.74. The highest BCUT2D eigenvalue weighted by Gasteiger charge is 2.20. The molecule has 1 N–H and O–H groups in total. The van der Waals surface area contributed by atoms with E-state index in [4.69, 9.17) is 0 Å². The molecule has 9 heteroatoms. The minimum absolute atomic E-state index is 0.126. The van der Waals surface area contributed by atoms with E-state index in [-0.39, 0.29) is 17.5 Å². The van der Waals surface area contributed by atoms with Crippen molar-refractivity contribution in [1.29, 1.82) is 0 Å². The van der Waals surface area contributed by atoms with Gasteiger partial charge in [-0.2, -0.15) is 8.75 Å². The molecule has 0 unspecified atom stereocenters. The second-order valence-electron chi connectivity index (χ2n) is 5.06. The van der Waals surface area contributed by atoms with Gasteiger partial charge in [0.1, 0.15) is 21.8 Å². The molecule has 3 rings (SSSR count). The molecule has 0 spiro atoms. The standard InChI is InChI=1S/C13H15N5O2S2/c1-9(2)18-7-6-14-12(18)8-15-22(19,20)11-5-3-4-10-13(11)17-21-16-10/h3-7,9,15H,8H2,1-2H3. The Bertz CT molecular complexity index is 898. The molecule has 0 aliphatic carbocycles. The number of benzene rings is 1. The third-order valence-corrected chi connectivity index (χ3v) is 5.24. The van der Waals surface area contributed by atoms with Gasteiger partial charge >= 0.3 is 0 Å². The number of hydrogen-bond acceptors (Lipinski definition) is 6. The summed E-state index contributed by atoms with van der Waals surface area (Å²) in [5.41, 5.74) is 0.976. The van der Waals surface area contributed by atoms with Crippen molar-refractivity contribution >= 4 is 32.8 Å². The Morgan fingerprint density at radius 2 is 2.14 bits per heavy atom. The largest absolute Gasteiger partial charge is 0.331 e. The summed E-state index contributed by atoms with van der Waals surface area (Å²) in [6.07, 6.45) is 3.49. The van der Waals surface area contributed by atoms with Crippen molar-refractivity contribution in [2.24, 2.45) is 0 Å². The van der Waals surface area contributed by atoms with Crippen molar-refractivity contribution in [1.82, 2.24) is 23.0 Å². The van der Waals surface area contributed by atoms with Crippen molar-refractivity contribution < 1.29 is 8.42 Å². The molecule has 0 fully saturated rings. The average molecular weight is 337 g/mol. The molecular weight excluding hydrogens is 322 g/mol. The van der Waals surface area contributed by atoms with Crippen LogP contribution in [0.15, 0.2) is 35.5 Å². The van der Waals surface area contributed by atoms with Gasteiger partial charge in [0.15, 0.2) is 0 Å². The van der Waals surface area contributed by atoms with Gasteiger partial charge < -0.3 is 4.57 Å². The first-order valence-electron chi connectivity index (χ1n) is 6.71. The lowest BCUT2D eigenvalue weighted by atomic mass is 10.3. The molecule has 0 bridgehead atoms. The summed E-state index contributed by atoms with van der Waals surface area (Å²) in [6.45, 7) is 4.16. The Kier molecular flexibility index (Phi) is 3.94. The van der Waals surface area contributed by atoms with E-state index in [1.807, 2.05) is 24.6 Å². The smallest absolute Gasteiger partial charge is 0.243 e. The number of aromatic nitrogens is 4. The summed E-state index contributed by atoms with van der Waals surface area (Å²) >= 11 is 0.997. The number of nitrogens with one attached hydrogen (secondary N) is 1. The van der Waals surface area contributed by atoms with E-state index in [1.54, 1.807) is 18.3 Å². The average Bonchev–Trinajstić information content (AvgIpc) is 3.13. The quantitative estimate of drug-likeness (QED) is 0.768. The van der Waals surface area contributed by atoms with E-state index in [0.717, 1.165) is 11.7 Å². The zero-order chi connectivity index (χ0) is 15.7. The van der Waals surface area contributed by atoms with Crippen LogP contribution in [0.4, 0.5) is 0 Å². The summed E-state index contributed by atoms with van der Waals surface area (Å²) in [7, 11) is -3.67. The van der Waals surface area contributed by atoms with E-state index in [9.17, 15) is 8.42 Å². The van der Waals surface area contributed by atoms with E-state index >= 15 is 0 Å². The lowest BCUT2D eigenvalue weighted by Gasteiger charge is -2.12. The zero-order valence-corrected chi connectivity index (χ0v) is 13.7. The van der Waals surface area contributed by atoms with Gasteiger partial charge in [-0.15, -0.1) is 0 Å². The molecule has 0 amide bonds. The van der Waals surface area contributed by atoms with Crippen LogP contribution in [0, 0.1) is 0 Å². The molecule has 0 aliphatic heterocycles. The second-order valence-corrected chi connectivity index (χ2v) is 7.32. The summed E-state index contributed by atoms with van der Waals surface area (Å²) < 4.78 is 37.7. The minimum Gasteiger partial charge on any atom is -0.331 e. The number of sulfonamides is 1. The van der Waals surface area contributed by atoms with E-state index in [1.165, 1.54) is 6.07 Å². The molecule has 0 saturated carbocycles. The molecule has 0 radical (unpaired) electrons. The Balaban J connectivity index is 1.88. The van der Waals surface area contributed by atoms with Crippen LogP contribution in [-0.2, 0) is 16.6 Å². The van der Waals surface area contributed by atoms with Crippen molar-refractivity contribution in [3.63, 3.8) is 0 Å². The summed E-state index contributed by atoms with van der Waals surface area (Å²) in [5.74, 6) is 0.669. The summed E-state index contributed by atoms with van der Waals surface area (Å²) in [4.78, 5) is 4.34. The third-order valence-electron chi connectivity index (χ3n) is 3.26. The predicted molar refractivity (Wildman–Crippen MR) is 84.1 cm³/mol. The van der Waals surface area contributed by atoms with Crippen molar-refractivity contribution in [3.05, 3.63) is 36.4 Å². The van der Waals surface area contributed by atoms with Gasteiger partial charge in [-0.1, -0.05) is 6.07 Å². The Labute approximate surface area is 132 Å². The number of fused-ring (bicyclic) bond motifs is 1. The normalized spacial score (nSPS) is 12.3. The topological polar surface area (TPSA) is 89.8 Å². The maximum atomic E-state index is 12.5. The molecule has 7 nitrogen and oxygen atoms in total. The second kappa shape index (κ2) is 5.75. The molecule has 22 heavy (non-hydrogen) atoms. The Morgan fingerprint density at radius 3 is 2.91 bits per heavy atom. The van der Waals surface area contributed by atoms with Crippen LogP contribution in [0.3, 0.4) is 0 Å². The molecule has 2 aromatic heterocycles. The molecule has 3 aromatic rings. The van der Waals surface area contributed by atoms with Gasteiger partial charge in [0.25, 0.3) is 0 Å². The van der Waals surface area contributed by atoms with Crippen LogP contribution in [0.5, 0.6) is 0 Å². The Morgan fingerprint density at radius 1 is 1.32 bits per heavy atom. The number of hydrogen-bond donors (Lipinski definition) is 1. The van der Waals surface area contributed by atoms with Crippen LogP contribution < -0.4 is 4.72 Å². The highest BCUT2D eigenvalue weighted by Crippen LogP contribution is 2.21. The molecule has 0 aliphatic rings. The first-order chi connectivity index (χ1) is 10.5. The molecule has 1 aromatic carbocycles. The van der Waals surface area contributed by atoms with E-state index in [0.29, 0.717) is 16.9 Å². The van der Waals surface area contributed by atoms with Crippen molar-refractivity contribution in [2.45, 2.75) is 31.3 Å². The maximum Gasteiger partial charge on any atom is 0.243 e. The van der Waals surface area contributed by atoms with Gasteiger partial charge in [-0.3, -0.25) is 0 Å². The van der Waals surface area contributed by atoms with Gasteiger partial charge in [-0.05, 0) is 26.0 Å². The van der Waals surface area contributed by atoms with Crippen LogP contribution in [-0.4, -0.2) is 26.7 Å². The molecule has 116 valence electrons. The molecule has 0 atom stereocenters. The fourth-order valence-corrected chi connectivity index (χ4v) is 3.93. The minimum atomic E-state index is -3.67. The van der Waals surface area contributed by atoms with Gasteiger partial charge in [0.2, 0.25) is 10.0 Å². The molecular formula is C13H15N5O2S2. The van der Waals surface area contributed by atoms with Crippen molar-refractivity contribution in [2.75, 3.05) is 0 Å². The zero-order valence-electron chi connectivity index (χ0n) is 12.1. The highest BCUT2D eigenvalue weighted by molar-refractivity contribution is 7.89. The monoisotopic (exact) mass is 337 g/mol. The fraction of sp³-hybridized carbons (Fsp3) is 0.308. The lowest BCUT2D eigenvalue weighted by Crippen LogP contribution is -2.25. The molecule has 0 saturated heterocycles. The molecule has 2 heterocycles. The maximum absolute atomic E-state index is 12.5. The lowest BCUT2D eigenvalue weighted by molar-refractivity contribution is 0.550. The van der Waals surface area contributed by atoms with Crippen LogP contribution in [0.2, 0.25) is 0 Å². The van der Waals surface area contributed by atoms with Gasteiger partial charge in [0, 0.05) is 18.4 Å². The number of rotatable bonds is 5. The van der Waals surface area contributed by atoms with Crippen LogP contribution in [0.25, 0.3) is 11.0 Å². The first-order valence-corrected chi connectivity index (χ1v) is 8.93. The Hall–Kier alpha value is -1.84. The van der Waals surface area contributed by atoms with Crippen molar-refractivity contribution in [3.8, 4) is 0 Å². The summed E-state index contributed by atoms with van der Waals surface area (Å²) in [5, 5.41) is 0. The van der Waals surface area contributed by atoms with Gasteiger partial charge in [0.05, 0.1) is 18.3 Å². The fourth-order valence-electron chi connectivity index (χ4n) is 2.19. The van der Waals surface area contributed by atoms with E-state index in [2.05, 4.69) is 18.5 Å². The highest BCUT2D eigenvalue weighted by atomic mass is 32.2.